The minimum absolute atomic E-state index is 0.245. The summed E-state index contributed by atoms with van der Waals surface area (Å²) in [6.07, 6.45) is 6.18. The molecule has 108 valence electrons. The van der Waals surface area contributed by atoms with Crippen molar-refractivity contribution in [2.45, 2.75) is 6.42 Å². The standard InChI is InChI=1S/C14H15N5OS/c1-19-9-10(8-17-19)2-5-16-14(20)18-13-11-4-7-21-12(11)3-6-15-13/h3-4,6-9H,2,5H2,1H3,(H2,15,16,18,20). The van der Waals surface area contributed by atoms with Crippen LogP contribution in [0, 0.1) is 0 Å². The lowest BCUT2D eigenvalue weighted by Crippen LogP contribution is -2.30. The molecule has 2 amide bonds. The van der Waals surface area contributed by atoms with Gasteiger partial charge in [-0.05, 0) is 29.5 Å². The van der Waals surface area contributed by atoms with Crippen LogP contribution in [0.25, 0.3) is 10.1 Å². The van der Waals surface area contributed by atoms with E-state index in [0.29, 0.717) is 12.4 Å². The Morgan fingerprint density at radius 1 is 1.43 bits per heavy atom. The van der Waals surface area contributed by atoms with Gasteiger partial charge in [-0.25, -0.2) is 9.78 Å². The molecule has 0 aliphatic carbocycles. The lowest BCUT2D eigenvalue weighted by atomic mass is 10.2. The highest BCUT2D eigenvalue weighted by Crippen LogP contribution is 2.25. The first kappa shape index (κ1) is 13.6. The average Bonchev–Trinajstić information content (AvgIpc) is 3.08. The fourth-order valence-electron chi connectivity index (χ4n) is 2.07. The molecule has 0 atom stereocenters. The Hall–Kier alpha value is -2.41. The van der Waals surface area contributed by atoms with E-state index in [1.54, 1.807) is 28.4 Å². The summed E-state index contributed by atoms with van der Waals surface area (Å²) in [7, 11) is 1.87. The van der Waals surface area contributed by atoms with Crippen LogP contribution in [0.1, 0.15) is 5.56 Å². The van der Waals surface area contributed by atoms with E-state index in [-0.39, 0.29) is 6.03 Å². The van der Waals surface area contributed by atoms with Crippen molar-refractivity contribution in [2.75, 3.05) is 11.9 Å². The highest BCUT2D eigenvalue weighted by Gasteiger charge is 2.07. The molecule has 3 heterocycles. The minimum Gasteiger partial charge on any atom is -0.337 e. The summed E-state index contributed by atoms with van der Waals surface area (Å²) in [4.78, 5) is 16.1. The van der Waals surface area contributed by atoms with Gasteiger partial charge in [-0.1, -0.05) is 0 Å². The number of urea groups is 1. The lowest BCUT2D eigenvalue weighted by Gasteiger charge is -2.07. The number of anilines is 1. The van der Waals surface area contributed by atoms with Crippen molar-refractivity contribution in [3.8, 4) is 0 Å². The highest BCUT2D eigenvalue weighted by molar-refractivity contribution is 7.17. The number of aromatic nitrogens is 3. The largest absolute Gasteiger partial charge is 0.337 e. The first-order chi connectivity index (χ1) is 10.2. The Labute approximate surface area is 125 Å². The molecule has 7 heteroatoms. The van der Waals surface area contributed by atoms with E-state index < -0.39 is 0 Å². The topological polar surface area (TPSA) is 71.8 Å². The predicted octanol–water partition coefficient (Wildman–Crippen LogP) is 2.39. The summed E-state index contributed by atoms with van der Waals surface area (Å²) < 4.78 is 2.85. The first-order valence-corrected chi connectivity index (χ1v) is 7.45. The molecule has 0 saturated heterocycles. The van der Waals surface area contributed by atoms with Gasteiger partial charge in [0.1, 0.15) is 5.82 Å². The molecule has 3 aromatic heterocycles. The summed E-state index contributed by atoms with van der Waals surface area (Å²) in [5.74, 6) is 0.590. The molecule has 3 rings (SSSR count). The summed E-state index contributed by atoms with van der Waals surface area (Å²) in [5, 5.41) is 12.6. The summed E-state index contributed by atoms with van der Waals surface area (Å²) in [6.45, 7) is 0.553. The number of fused-ring (bicyclic) bond motifs is 1. The molecule has 0 aromatic carbocycles. The molecule has 0 fully saturated rings. The van der Waals surface area contributed by atoms with Crippen molar-refractivity contribution in [3.63, 3.8) is 0 Å². The second-order valence-electron chi connectivity index (χ2n) is 4.65. The van der Waals surface area contributed by atoms with Crippen LogP contribution in [0.5, 0.6) is 0 Å². The second kappa shape index (κ2) is 5.92. The summed E-state index contributed by atoms with van der Waals surface area (Å²) >= 11 is 1.63. The van der Waals surface area contributed by atoms with E-state index >= 15 is 0 Å². The summed E-state index contributed by atoms with van der Waals surface area (Å²) in [5.41, 5.74) is 1.09. The van der Waals surface area contributed by atoms with Crippen LogP contribution in [0.3, 0.4) is 0 Å². The minimum atomic E-state index is -0.245. The monoisotopic (exact) mass is 301 g/mol. The Balaban J connectivity index is 1.55. The zero-order chi connectivity index (χ0) is 14.7. The van der Waals surface area contributed by atoms with E-state index in [2.05, 4.69) is 20.7 Å². The molecule has 0 aliphatic rings. The van der Waals surface area contributed by atoms with Gasteiger partial charge in [0.15, 0.2) is 0 Å². The van der Waals surface area contributed by atoms with Crippen molar-refractivity contribution in [2.24, 2.45) is 7.05 Å². The molecular weight excluding hydrogens is 286 g/mol. The van der Waals surface area contributed by atoms with Gasteiger partial charge in [0, 0.05) is 36.1 Å². The SMILES string of the molecule is Cn1cc(CCNC(=O)Nc2nccc3sccc23)cn1. The number of carbonyl (C=O) groups is 1. The highest BCUT2D eigenvalue weighted by atomic mass is 32.1. The maximum absolute atomic E-state index is 11.9. The molecule has 3 aromatic rings. The van der Waals surface area contributed by atoms with Crippen LogP contribution in [0.4, 0.5) is 10.6 Å². The smallest absolute Gasteiger partial charge is 0.320 e. The average molecular weight is 301 g/mol. The molecular formula is C14H15N5OS. The molecule has 0 aliphatic heterocycles. The van der Waals surface area contributed by atoms with Crippen LogP contribution in [0.15, 0.2) is 36.1 Å². The fraction of sp³-hybridized carbons (Fsp3) is 0.214. The number of rotatable bonds is 4. The molecule has 0 spiro atoms. The molecule has 0 radical (unpaired) electrons. The maximum atomic E-state index is 11.9. The Morgan fingerprint density at radius 2 is 2.33 bits per heavy atom. The molecule has 0 saturated carbocycles. The Morgan fingerprint density at radius 3 is 3.14 bits per heavy atom. The van der Waals surface area contributed by atoms with Crippen molar-refractivity contribution in [3.05, 3.63) is 41.7 Å². The van der Waals surface area contributed by atoms with Crippen LogP contribution < -0.4 is 10.6 Å². The first-order valence-electron chi connectivity index (χ1n) is 6.57. The number of nitrogens with one attached hydrogen (secondary N) is 2. The van der Waals surface area contributed by atoms with Crippen LogP contribution in [-0.4, -0.2) is 27.3 Å². The van der Waals surface area contributed by atoms with E-state index in [9.17, 15) is 4.79 Å². The number of thiophene rings is 1. The number of nitrogens with zero attached hydrogens (tertiary/aromatic N) is 3. The van der Waals surface area contributed by atoms with Gasteiger partial charge in [-0.15, -0.1) is 11.3 Å². The molecule has 6 nitrogen and oxygen atoms in total. The van der Waals surface area contributed by atoms with Gasteiger partial charge in [-0.3, -0.25) is 10.00 Å². The third-order valence-corrected chi connectivity index (χ3v) is 3.95. The van der Waals surface area contributed by atoms with Gasteiger partial charge in [-0.2, -0.15) is 5.10 Å². The maximum Gasteiger partial charge on any atom is 0.320 e. The van der Waals surface area contributed by atoms with Crippen molar-refractivity contribution >= 4 is 33.3 Å². The number of amides is 2. The van der Waals surface area contributed by atoms with Gasteiger partial charge >= 0.3 is 6.03 Å². The van der Waals surface area contributed by atoms with Gasteiger partial charge in [0.2, 0.25) is 0 Å². The number of pyridine rings is 1. The van der Waals surface area contributed by atoms with Crippen molar-refractivity contribution in [1.29, 1.82) is 0 Å². The number of hydrogen-bond acceptors (Lipinski definition) is 4. The van der Waals surface area contributed by atoms with Gasteiger partial charge < -0.3 is 5.32 Å². The zero-order valence-electron chi connectivity index (χ0n) is 11.5. The number of hydrogen-bond donors (Lipinski definition) is 2. The van der Waals surface area contributed by atoms with Crippen LogP contribution >= 0.6 is 11.3 Å². The van der Waals surface area contributed by atoms with E-state index in [1.807, 2.05) is 30.8 Å². The fourth-order valence-corrected chi connectivity index (χ4v) is 2.85. The van der Waals surface area contributed by atoms with Crippen molar-refractivity contribution in [1.82, 2.24) is 20.1 Å². The van der Waals surface area contributed by atoms with Gasteiger partial charge in [0.25, 0.3) is 0 Å². The second-order valence-corrected chi connectivity index (χ2v) is 5.59. The van der Waals surface area contributed by atoms with E-state index in [4.69, 9.17) is 0 Å². The third kappa shape index (κ3) is 3.19. The van der Waals surface area contributed by atoms with Gasteiger partial charge in [0.05, 0.1) is 6.20 Å². The zero-order valence-corrected chi connectivity index (χ0v) is 12.4. The lowest BCUT2D eigenvalue weighted by molar-refractivity contribution is 0.252. The Kier molecular flexibility index (Phi) is 3.83. The summed E-state index contributed by atoms with van der Waals surface area (Å²) in [6, 6.07) is 3.65. The molecule has 0 bridgehead atoms. The molecule has 0 unspecified atom stereocenters. The number of aryl methyl sites for hydroxylation is 1. The predicted molar refractivity (Wildman–Crippen MR) is 83.6 cm³/mol. The molecule has 21 heavy (non-hydrogen) atoms. The van der Waals surface area contributed by atoms with Crippen molar-refractivity contribution < 1.29 is 4.79 Å². The van der Waals surface area contributed by atoms with Crippen LogP contribution in [0.2, 0.25) is 0 Å². The van der Waals surface area contributed by atoms with E-state index in [0.717, 1.165) is 22.1 Å². The normalized spacial score (nSPS) is 10.7. The third-order valence-electron chi connectivity index (χ3n) is 3.07. The quantitative estimate of drug-likeness (QED) is 0.777. The number of carbonyl (C=O) groups excluding carboxylic acids is 1. The Bertz CT molecular complexity index is 763. The van der Waals surface area contributed by atoms with E-state index in [1.165, 1.54) is 0 Å². The van der Waals surface area contributed by atoms with Crippen LogP contribution in [-0.2, 0) is 13.5 Å². The molecule has 2 N–H and O–H groups in total.